The van der Waals surface area contributed by atoms with Crippen molar-refractivity contribution in [3.8, 4) is 0 Å². The summed E-state index contributed by atoms with van der Waals surface area (Å²) in [7, 11) is 0. The number of nitrogens with zero attached hydrogens (tertiary/aromatic N) is 1. The maximum absolute atomic E-state index is 10.7. The summed E-state index contributed by atoms with van der Waals surface area (Å²) in [6.07, 6.45) is -0.512. The van der Waals surface area contributed by atoms with E-state index in [1.807, 2.05) is 0 Å². The van der Waals surface area contributed by atoms with Crippen molar-refractivity contribution in [3.05, 3.63) is 12.0 Å². The van der Waals surface area contributed by atoms with Crippen molar-refractivity contribution in [2.45, 2.75) is 6.10 Å². The van der Waals surface area contributed by atoms with Crippen LogP contribution in [0.15, 0.2) is 17.0 Å². The molecule has 2 N–H and O–H groups in total. The largest absolute Gasteiger partial charge is 0.503 e. The number of carbonyl (C=O) groups is 2. The second kappa shape index (κ2) is 2.63. The standard InChI is InChI=1S/C6H5NO4/c8-2-3-5(10)6(11)4(9)1-7-3/h1-2,5,9-10H. The van der Waals surface area contributed by atoms with Crippen LogP contribution in [0.4, 0.5) is 0 Å². The van der Waals surface area contributed by atoms with E-state index in [4.69, 9.17) is 10.2 Å². The second-order valence-corrected chi connectivity index (χ2v) is 1.95. The lowest BCUT2D eigenvalue weighted by Gasteiger charge is -2.09. The van der Waals surface area contributed by atoms with Gasteiger partial charge in [0, 0.05) is 0 Å². The van der Waals surface area contributed by atoms with Crippen LogP contribution in [0.5, 0.6) is 0 Å². The molecule has 11 heavy (non-hydrogen) atoms. The Kier molecular flexibility index (Phi) is 1.82. The van der Waals surface area contributed by atoms with E-state index in [0.717, 1.165) is 6.20 Å². The van der Waals surface area contributed by atoms with Gasteiger partial charge in [0.15, 0.2) is 18.1 Å². The summed E-state index contributed by atoms with van der Waals surface area (Å²) in [5.41, 5.74) is -0.284. The van der Waals surface area contributed by atoms with E-state index >= 15 is 0 Å². The normalized spacial score (nSPS) is 24.1. The molecular weight excluding hydrogens is 150 g/mol. The van der Waals surface area contributed by atoms with E-state index in [1.54, 1.807) is 0 Å². The van der Waals surface area contributed by atoms with E-state index in [2.05, 4.69) is 4.99 Å². The highest BCUT2D eigenvalue weighted by Gasteiger charge is 2.27. The summed E-state index contributed by atoms with van der Waals surface area (Å²) in [6.45, 7) is 0. The summed E-state index contributed by atoms with van der Waals surface area (Å²) < 4.78 is 0. The van der Waals surface area contributed by atoms with Crippen molar-refractivity contribution in [2.75, 3.05) is 0 Å². The van der Waals surface area contributed by atoms with Gasteiger partial charge in [-0.05, 0) is 0 Å². The molecule has 0 radical (unpaired) electrons. The molecule has 0 bridgehead atoms. The van der Waals surface area contributed by atoms with Crippen molar-refractivity contribution < 1.29 is 19.8 Å². The van der Waals surface area contributed by atoms with Gasteiger partial charge in [0.05, 0.1) is 6.20 Å². The number of hydrogen-bond donors (Lipinski definition) is 2. The van der Waals surface area contributed by atoms with Crippen LogP contribution in [-0.2, 0) is 9.59 Å². The molecule has 0 aromatic rings. The Hall–Kier alpha value is -1.49. The number of hydrogen-bond acceptors (Lipinski definition) is 5. The van der Waals surface area contributed by atoms with Crippen LogP contribution in [0.1, 0.15) is 0 Å². The SMILES string of the molecule is O=CC1=NC=C(O)C(=O)C1O. The number of aldehydes is 1. The zero-order valence-electron chi connectivity index (χ0n) is 5.39. The van der Waals surface area contributed by atoms with Gasteiger partial charge in [-0.2, -0.15) is 0 Å². The predicted octanol–water partition coefficient (Wildman–Crippen LogP) is -1.03. The van der Waals surface area contributed by atoms with Crippen molar-refractivity contribution in [1.29, 1.82) is 0 Å². The van der Waals surface area contributed by atoms with Crippen molar-refractivity contribution in [1.82, 2.24) is 0 Å². The third-order valence-corrected chi connectivity index (χ3v) is 1.24. The first-order chi connectivity index (χ1) is 5.16. The highest BCUT2D eigenvalue weighted by molar-refractivity contribution is 6.38. The zero-order chi connectivity index (χ0) is 8.43. The number of carbonyl (C=O) groups excluding carboxylic acids is 2. The van der Waals surface area contributed by atoms with Crippen LogP contribution in [0.25, 0.3) is 0 Å². The maximum atomic E-state index is 10.7. The monoisotopic (exact) mass is 155 g/mol. The molecule has 0 aromatic heterocycles. The second-order valence-electron chi connectivity index (χ2n) is 1.95. The van der Waals surface area contributed by atoms with Gasteiger partial charge in [0.1, 0.15) is 5.71 Å². The molecule has 0 saturated heterocycles. The Morgan fingerprint density at radius 1 is 1.64 bits per heavy atom. The van der Waals surface area contributed by atoms with E-state index in [1.165, 1.54) is 0 Å². The first-order valence-electron chi connectivity index (χ1n) is 2.81. The number of Topliss-reactive ketones (excluding diaryl/α,β-unsaturated/α-hetero) is 1. The van der Waals surface area contributed by atoms with Crippen LogP contribution in [0, 0.1) is 0 Å². The van der Waals surface area contributed by atoms with Crippen molar-refractivity contribution in [2.24, 2.45) is 4.99 Å². The highest BCUT2D eigenvalue weighted by Crippen LogP contribution is 2.05. The summed E-state index contributed by atoms with van der Waals surface area (Å²) in [5, 5.41) is 17.6. The first kappa shape index (κ1) is 7.62. The Labute approximate surface area is 61.7 Å². The third-order valence-electron chi connectivity index (χ3n) is 1.24. The molecule has 0 aromatic carbocycles. The molecule has 1 heterocycles. The summed E-state index contributed by atoms with van der Waals surface area (Å²) in [6, 6.07) is 0. The smallest absolute Gasteiger partial charge is 0.233 e. The van der Waals surface area contributed by atoms with Gasteiger partial charge >= 0.3 is 0 Å². The van der Waals surface area contributed by atoms with Crippen LogP contribution < -0.4 is 0 Å². The molecular formula is C6H5NO4. The number of ketones is 1. The summed E-state index contributed by atoms with van der Waals surface area (Å²) in [4.78, 5) is 24.1. The molecule has 1 atom stereocenters. The van der Waals surface area contributed by atoms with Crippen LogP contribution in [-0.4, -0.2) is 34.1 Å². The molecule has 0 saturated carbocycles. The van der Waals surface area contributed by atoms with E-state index in [0.29, 0.717) is 0 Å². The van der Waals surface area contributed by atoms with Gasteiger partial charge in [0.2, 0.25) is 5.78 Å². The van der Waals surface area contributed by atoms with Crippen molar-refractivity contribution in [3.63, 3.8) is 0 Å². The zero-order valence-corrected chi connectivity index (χ0v) is 5.39. The number of rotatable bonds is 1. The van der Waals surface area contributed by atoms with E-state index in [9.17, 15) is 9.59 Å². The first-order valence-corrected chi connectivity index (χ1v) is 2.81. The fourth-order valence-electron chi connectivity index (χ4n) is 0.639. The molecule has 1 unspecified atom stereocenters. The summed E-state index contributed by atoms with van der Waals surface area (Å²) in [5.74, 6) is -1.54. The Bertz CT molecular complexity index is 266. The molecule has 0 amide bonds. The average Bonchev–Trinajstić information content (AvgIpc) is 2.01. The lowest BCUT2D eigenvalue weighted by atomic mass is 10.1. The molecule has 1 aliphatic rings. The van der Waals surface area contributed by atoms with Crippen molar-refractivity contribution >= 4 is 17.8 Å². The highest BCUT2D eigenvalue weighted by atomic mass is 16.3. The quantitative estimate of drug-likeness (QED) is 0.474. The fraction of sp³-hybridized carbons (Fsp3) is 0.167. The minimum absolute atomic E-state index is 0.269. The van der Waals surface area contributed by atoms with Crippen LogP contribution >= 0.6 is 0 Å². The van der Waals surface area contributed by atoms with E-state index < -0.39 is 17.6 Å². The fourth-order valence-corrected chi connectivity index (χ4v) is 0.639. The Balaban J connectivity index is 3.02. The topological polar surface area (TPSA) is 87.0 Å². The number of aliphatic hydroxyl groups is 2. The lowest BCUT2D eigenvalue weighted by molar-refractivity contribution is -0.123. The lowest BCUT2D eigenvalue weighted by Crippen LogP contribution is -2.34. The predicted molar refractivity (Wildman–Crippen MR) is 35.2 cm³/mol. The number of aliphatic hydroxyl groups excluding tert-OH is 2. The van der Waals surface area contributed by atoms with Gasteiger partial charge in [-0.25, -0.2) is 0 Å². The maximum Gasteiger partial charge on any atom is 0.233 e. The third kappa shape index (κ3) is 1.18. The Morgan fingerprint density at radius 2 is 2.27 bits per heavy atom. The molecule has 58 valence electrons. The molecule has 5 heteroatoms. The Morgan fingerprint density at radius 3 is 2.82 bits per heavy atom. The minimum atomic E-state index is -1.61. The molecule has 0 spiro atoms. The average molecular weight is 155 g/mol. The minimum Gasteiger partial charge on any atom is -0.503 e. The van der Waals surface area contributed by atoms with Gasteiger partial charge < -0.3 is 10.2 Å². The molecule has 1 rings (SSSR count). The molecule has 0 fully saturated rings. The molecule has 1 aliphatic heterocycles. The van der Waals surface area contributed by atoms with Gasteiger partial charge in [-0.1, -0.05) is 0 Å². The van der Waals surface area contributed by atoms with E-state index in [-0.39, 0.29) is 12.0 Å². The van der Waals surface area contributed by atoms with Gasteiger partial charge in [-0.3, -0.25) is 14.6 Å². The van der Waals surface area contributed by atoms with Crippen LogP contribution in [0.3, 0.4) is 0 Å². The molecule has 5 nitrogen and oxygen atoms in total. The van der Waals surface area contributed by atoms with Gasteiger partial charge in [-0.15, -0.1) is 0 Å². The number of aliphatic imine (C=N–C) groups is 1. The summed E-state index contributed by atoms with van der Waals surface area (Å²) >= 11 is 0. The van der Waals surface area contributed by atoms with Crippen LogP contribution in [0.2, 0.25) is 0 Å². The van der Waals surface area contributed by atoms with Gasteiger partial charge in [0.25, 0.3) is 0 Å². The molecule has 0 aliphatic carbocycles.